The van der Waals surface area contributed by atoms with Gasteiger partial charge in [0, 0.05) is 16.8 Å². The molecule has 0 atom stereocenters. The second kappa shape index (κ2) is 5.59. The van der Waals surface area contributed by atoms with Gasteiger partial charge < -0.3 is 15.8 Å². The zero-order valence-corrected chi connectivity index (χ0v) is 12.1. The first-order valence-corrected chi connectivity index (χ1v) is 6.43. The Kier molecular flexibility index (Phi) is 4.08. The van der Waals surface area contributed by atoms with Gasteiger partial charge in [0.25, 0.3) is 0 Å². The van der Waals surface area contributed by atoms with Gasteiger partial charge in [0.2, 0.25) is 0 Å². The van der Waals surface area contributed by atoms with E-state index < -0.39 is 0 Å². The predicted octanol–water partition coefficient (Wildman–Crippen LogP) is 4.64. The van der Waals surface area contributed by atoms with Crippen molar-refractivity contribution in [1.82, 2.24) is 0 Å². The number of hydrogen-bond donors (Lipinski definition) is 2. The number of nitrogens with one attached hydrogen (secondary N) is 1. The van der Waals surface area contributed by atoms with Crippen LogP contribution in [0.2, 0.25) is 10.0 Å². The summed E-state index contributed by atoms with van der Waals surface area (Å²) in [7, 11) is 1.59. The fourth-order valence-corrected chi connectivity index (χ4v) is 2.10. The Morgan fingerprint density at radius 3 is 2.42 bits per heavy atom. The summed E-state index contributed by atoms with van der Waals surface area (Å²) in [6.45, 7) is 1.93. The average Bonchev–Trinajstić information content (AvgIpc) is 2.36. The van der Waals surface area contributed by atoms with Gasteiger partial charge in [-0.3, -0.25) is 0 Å². The van der Waals surface area contributed by atoms with E-state index in [4.69, 9.17) is 33.7 Å². The van der Waals surface area contributed by atoms with Crippen LogP contribution in [0.25, 0.3) is 0 Å². The van der Waals surface area contributed by atoms with Crippen molar-refractivity contribution in [2.24, 2.45) is 0 Å². The lowest BCUT2D eigenvalue weighted by Crippen LogP contribution is -1.97. The first kappa shape index (κ1) is 13.8. The van der Waals surface area contributed by atoms with E-state index in [-0.39, 0.29) is 0 Å². The summed E-state index contributed by atoms with van der Waals surface area (Å²) in [5, 5.41) is 4.42. The standard InChI is InChI=1S/C14H14Cl2N2O/c1-8-5-13(14(19-2)7-10(8)15)18-12-4-3-9(17)6-11(12)16/h3-7,18H,17H2,1-2H3. The van der Waals surface area contributed by atoms with Crippen LogP contribution in [0.5, 0.6) is 5.75 Å². The third-order valence-electron chi connectivity index (χ3n) is 2.74. The highest BCUT2D eigenvalue weighted by atomic mass is 35.5. The third-order valence-corrected chi connectivity index (χ3v) is 3.46. The Balaban J connectivity index is 2.40. The fourth-order valence-electron chi connectivity index (χ4n) is 1.71. The second-order valence-electron chi connectivity index (χ2n) is 4.17. The molecule has 0 aliphatic rings. The summed E-state index contributed by atoms with van der Waals surface area (Å²) in [5.74, 6) is 0.656. The normalized spacial score (nSPS) is 10.3. The molecule has 0 saturated carbocycles. The van der Waals surface area contributed by atoms with Gasteiger partial charge in [-0.1, -0.05) is 23.2 Å². The molecule has 100 valence electrons. The minimum absolute atomic E-state index is 0.551. The Morgan fingerprint density at radius 2 is 1.79 bits per heavy atom. The van der Waals surface area contributed by atoms with Crippen molar-refractivity contribution in [3.05, 3.63) is 45.9 Å². The smallest absolute Gasteiger partial charge is 0.143 e. The predicted molar refractivity (Wildman–Crippen MR) is 81.9 cm³/mol. The van der Waals surface area contributed by atoms with Gasteiger partial charge in [0.05, 0.1) is 23.5 Å². The van der Waals surface area contributed by atoms with Gasteiger partial charge in [-0.2, -0.15) is 0 Å². The molecule has 5 heteroatoms. The summed E-state index contributed by atoms with van der Waals surface area (Å²) < 4.78 is 5.30. The van der Waals surface area contributed by atoms with E-state index in [2.05, 4.69) is 5.32 Å². The number of nitrogens with two attached hydrogens (primary N) is 1. The van der Waals surface area contributed by atoms with E-state index in [0.717, 1.165) is 16.9 Å². The average molecular weight is 297 g/mol. The number of rotatable bonds is 3. The molecule has 0 unspecified atom stereocenters. The minimum atomic E-state index is 0.551. The first-order valence-electron chi connectivity index (χ1n) is 5.67. The molecule has 19 heavy (non-hydrogen) atoms. The molecule has 3 N–H and O–H groups in total. The number of benzene rings is 2. The highest BCUT2D eigenvalue weighted by Crippen LogP contribution is 2.35. The number of anilines is 3. The lowest BCUT2D eigenvalue weighted by molar-refractivity contribution is 0.417. The van der Waals surface area contributed by atoms with Gasteiger partial charge in [0.15, 0.2) is 0 Å². The maximum atomic E-state index is 6.14. The zero-order valence-electron chi connectivity index (χ0n) is 10.6. The van der Waals surface area contributed by atoms with Crippen molar-refractivity contribution < 1.29 is 4.74 Å². The third kappa shape index (κ3) is 3.06. The molecule has 2 rings (SSSR count). The van der Waals surface area contributed by atoms with Gasteiger partial charge in [-0.05, 0) is 36.8 Å². The molecule has 0 aliphatic carbocycles. The molecule has 2 aromatic carbocycles. The van der Waals surface area contributed by atoms with Crippen LogP contribution in [0.4, 0.5) is 17.1 Å². The van der Waals surface area contributed by atoms with E-state index in [9.17, 15) is 0 Å². The maximum absolute atomic E-state index is 6.14. The van der Waals surface area contributed by atoms with E-state index in [0.29, 0.717) is 21.5 Å². The van der Waals surface area contributed by atoms with Crippen molar-refractivity contribution in [2.45, 2.75) is 6.92 Å². The van der Waals surface area contributed by atoms with E-state index in [1.54, 1.807) is 25.3 Å². The van der Waals surface area contributed by atoms with Crippen molar-refractivity contribution in [1.29, 1.82) is 0 Å². The number of nitrogen functional groups attached to an aromatic ring is 1. The molecule has 0 spiro atoms. The number of halogens is 2. The first-order chi connectivity index (χ1) is 9.01. The molecule has 0 heterocycles. The zero-order chi connectivity index (χ0) is 14.0. The Labute approximate surface area is 122 Å². The van der Waals surface area contributed by atoms with Crippen LogP contribution in [0.15, 0.2) is 30.3 Å². The molecule has 3 nitrogen and oxygen atoms in total. The summed E-state index contributed by atoms with van der Waals surface area (Å²) in [4.78, 5) is 0. The Bertz CT molecular complexity index is 615. The molecule has 0 saturated heterocycles. The van der Waals surface area contributed by atoms with Crippen molar-refractivity contribution in [3.8, 4) is 5.75 Å². The summed E-state index contributed by atoms with van der Waals surface area (Å²) in [5.41, 5.74) is 8.80. The molecule has 0 aromatic heterocycles. The molecule has 0 radical (unpaired) electrons. The number of methoxy groups -OCH3 is 1. The largest absolute Gasteiger partial charge is 0.495 e. The van der Waals surface area contributed by atoms with E-state index >= 15 is 0 Å². The number of hydrogen-bond acceptors (Lipinski definition) is 3. The van der Waals surface area contributed by atoms with Gasteiger partial charge in [-0.25, -0.2) is 0 Å². The number of ether oxygens (including phenoxy) is 1. The molecule has 0 fully saturated rings. The molecule has 0 amide bonds. The monoisotopic (exact) mass is 296 g/mol. The molecular formula is C14H14Cl2N2O. The van der Waals surface area contributed by atoms with Gasteiger partial charge >= 0.3 is 0 Å². The van der Waals surface area contributed by atoms with Crippen LogP contribution in [0.3, 0.4) is 0 Å². The van der Waals surface area contributed by atoms with E-state index in [1.165, 1.54) is 0 Å². The maximum Gasteiger partial charge on any atom is 0.143 e. The van der Waals surface area contributed by atoms with Crippen LogP contribution >= 0.6 is 23.2 Å². The molecule has 2 aromatic rings. The lowest BCUT2D eigenvalue weighted by atomic mass is 10.2. The lowest BCUT2D eigenvalue weighted by Gasteiger charge is -2.14. The van der Waals surface area contributed by atoms with E-state index in [1.807, 2.05) is 19.1 Å². The molecule has 0 aliphatic heterocycles. The molecule has 0 bridgehead atoms. The Morgan fingerprint density at radius 1 is 1.05 bits per heavy atom. The van der Waals surface area contributed by atoms with Crippen molar-refractivity contribution in [3.63, 3.8) is 0 Å². The minimum Gasteiger partial charge on any atom is -0.495 e. The van der Waals surface area contributed by atoms with Crippen molar-refractivity contribution in [2.75, 3.05) is 18.2 Å². The number of aryl methyl sites for hydroxylation is 1. The summed E-state index contributed by atoms with van der Waals surface area (Å²) in [6, 6.07) is 8.97. The van der Waals surface area contributed by atoms with Crippen LogP contribution in [-0.4, -0.2) is 7.11 Å². The summed E-state index contributed by atoms with van der Waals surface area (Å²) >= 11 is 12.2. The van der Waals surface area contributed by atoms with Gasteiger partial charge in [0.1, 0.15) is 5.75 Å². The highest BCUT2D eigenvalue weighted by molar-refractivity contribution is 6.33. The van der Waals surface area contributed by atoms with Crippen LogP contribution in [-0.2, 0) is 0 Å². The van der Waals surface area contributed by atoms with Crippen LogP contribution < -0.4 is 15.8 Å². The highest BCUT2D eigenvalue weighted by Gasteiger charge is 2.09. The second-order valence-corrected chi connectivity index (χ2v) is 4.98. The van der Waals surface area contributed by atoms with Crippen molar-refractivity contribution >= 4 is 40.3 Å². The van der Waals surface area contributed by atoms with Crippen LogP contribution in [0.1, 0.15) is 5.56 Å². The SMILES string of the molecule is COc1cc(Cl)c(C)cc1Nc1ccc(N)cc1Cl. The van der Waals surface area contributed by atoms with Gasteiger partial charge in [-0.15, -0.1) is 0 Å². The quantitative estimate of drug-likeness (QED) is 0.812. The fraction of sp³-hybridized carbons (Fsp3) is 0.143. The molecular weight excluding hydrogens is 283 g/mol. The topological polar surface area (TPSA) is 47.3 Å². The summed E-state index contributed by atoms with van der Waals surface area (Å²) in [6.07, 6.45) is 0. The van der Waals surface area contributed by atoms with Crippen LogP contribution in [0, 0.1) is 6.92 Å². The Hall–Kier alpha value is -1.58.